The molecule has 6 heteroatoms. The first-order chi connectivity index (χ1) is 18.1. The van der Waals surface area contributed by atoms with Crippen LogP contribution in [0.4, 0.5) is 0 Å². The molecule has 2 saturated heterocycles. The molecule has 5 heterocycles. The molecule has 6 nitrogen and oxygen atoms in total. The van der Waals surface area contributed by atoms with E-state index in [0.717, 1.165) is 60.5 Å². The second-order valence-electron chi connectivity index (χ2n) is 12.1. The topological polar surface area (TPSA) is 53.4 Å². The van der Waals surface area contributed by atoms with Crippen LogP contribution in [0.1, 0.15) is 72.9 Å². The van der Waals surface area contributed by atoms with E-state index in [9.17, 15) is 4.79 Å². The Morgan fingerprint density at radius 3 is 2.68 bits per heavy atom. The Morgan fingerprint density at radius 1 is 1.05 bits per heavy atom. The number of rotatable bonds is 4. The molecule has 194 valence electrons. The van der Waals surface area contributed by atoms with Gasteiger partial charge in [-0.3, -0.25) is 9.69 Å². The van der Waals surface area contributed by atoms with E-state index in [1.54, 1.807) is 0 Å². The second-order valence-corrected chi connectivity index (χ2v) is 12.1. The van der Waals surface area contributed by atoms with Gasteiger partial charge < -0.3 is 14.8 Å². The number of nitrogens with zero attached hydrogens (tertiary/aromatic N) is 4. The third kappa shape index (κ3) is 4.18. The van der Waals surface area contributed by atoms with Crippen LogP contribution in [0.15, 0.2) is 36.5 Å². The highest BCUT2D eigenvalue weighted by atomic mass is 16.2. The summed E-state index contributed by atoms with van der Waals surface area (Å²) in [4.78, 5) is 23.0. The summed E-state index contributed by atoms with van der Waals surface area (Å²) in [5.74, 6) is 0.187. The van der Waals surface area contributed by atoms with Crippen molar-refractivity contribution in [3.8, 4) is 11.3 Å². The van der Waals surface area contributed by atoms with Crippen molar-refractivity contribution in [2.45, 2.75) is 70.5 Å². The highest BCUT2D eigenvalue weighted by Gasteiger charge is 2.37. The molecule has 2 aromatic heterocycles. The van der Waals surface area contributed by atoms with Crippen molar-refractivity contribution in [3.05, 3.63) is 53.2 Å². The summed E-state index contributed by atoms with van der Waals surface area (Å²) in [6.07, 6.45) is 12.8. The summed E-state index contributed by atoms with van der Waals surface area (Å²) in [5, 5.41) is 4.72. The monoisotopic (exact) mass is 497 g/mol. The molecule has 3 aliphatic heterocycles. The number of amides is 1. The lowest BCUT2D eigenvalue weighted by atomic mass is 9.77. The van der Waals surface area contributed by atoms with Gasteiger partial charge in [0.25, 0.3) is 5.91 Å². The number of hydrogen-bond acceptors (Lipinski definition) is 4. The number of pyridine rings is 1. The molecule has 1 aliphatic carbocycles. The van der Waals surface area contributed by atoms with Crippen molar-refractivity contribution in [1.29, 1.82) is 0 Å². The lowest BCUT2D eigenvalue weighted by Crippen LogP contribution is -2.46. The van der Waals surface area contributed by atoms with Crippen molar-refractivity contribution in [1.82, 2.24) is 24.7 Å². The largest absolute Gasteiger partial charge is 0.336 e. The number of aryl methyl sites for hydroxylation is 1. The van der Waals surface area contributed by atoms with E-state index in [2.05, 4.69) is 57.2 Å². The quantitative estimate of drug-likeness (QED) is 0.545. The van der Waals surface area contributed by atoms with Gasteiger partial charge in [-0.05, 0) is 99.0 Å². The SMILES string of the molecule is Cn1ccc2c(CN3CCC4(CCCC4)CC3)cc(-c3ccc4c(c3)CN(C3CCCNC3)C4=O)nc21. The average molecular weight is 498 g/mol. The molecular formula is C31H39N5O. The van der Waals surface area contributed by atoms with Gasteiger partial charge in [-0.15, -0.1) is 0 Å². The van der Waals surface area contributed by atoms with Crippen LogP contribution in [-0.4, -0.2) is 57.5 Å². The summed E-state index contributed by atoms with van der Waals surface area (Å²) in [6, 6.07) is 11.2. The Labute approximate surface area is 220 Å². The molecule has 1 unspecified atom stereocenters. The summed E-state index contributed by atoms with van der Waals surface area (Å²) >= 11 is 0. The predicted molar refractivity (Wildman–Crippen MR) is 147 cm³/mol. The maximum absolute atomic E-state index is 13.2. The van der Waals surface area contributed by atoms with E-state index in [-0.39, 0.29) is 5.91 Å². The number of carbonyl (C=O) groups is 1. The number of benzene rings is 1. The van der Waals surface area contributed by atoms with Gasteiger partial charge in [0.2, 0.25) is 0 Å². The molecule has 1 amide bonds. The number of aromatic nitrogens is 2. The van der Waals surface area contributed by atoms with E-state index < -0.39 is 0 Å². The number of carbonyl (C=O) groups excluding carboxylic acids is 1. The van der Waals surface area contributed by atoms with Crippen LogP contribution >= 0.6 is 0 Å². The normalized spacial score (nSPS) is 23.9. The number of nitrogens with one attached hydrogen (secondary N) is 1. The lowest BCUT2D eigenvalue weighted by Gasteiger charge is -2.39. The first-order valence-corrected chi connectivity index (χ1v) is 14.4. The zero-order chi connectivity index (χ0) is 25.0. The van der Waals surface area contributed by atoms with Crippen molar-refractivity contribution in [2.24, 2.45) is 12.5 Å². The van der Waals surface area contributed by atoms with Gasteiger partial charge in [0.05, 0.1) is 5.69 Å². The Hall–Kier alpha value is -2.70. The smallest absolute Gasteiger partial charge is 0.254 e. The minimum atomic E-state index is 0.187. The minimum Gasteiger partial charge on any atom is -0.336 e. The fraction of sp³-hybridized carbons (Fsp3) is 0.548. The van der Waals surface area contributed by atoms with E-state index >= 15 is 0 Å². The molecule has 3 aromatic rings. The second kappa shape index (κ2) is 9.25. The van der Waals surface area contributed by atoms with Crippen LogP contribution in [-0.2, 0) is 20.1 Å². The van der Waals surface area contributed by atoms with Crippen molar-refractivity contribution in [2.75, 3.05) is 26.2 Å². The average Bonchev–Trinajstić information content (AvgIpc) is 3.64. The highest BCUT2D eigenvalue weighted by Crippen LogP contribution is 2.46. The molecule has 1 aromatic carbocycles. The zero-order valence-electron chi connectivity index (χ0n) is 22.1. The standard InChI is InChI=1S/C31H39N5O/c1-34-14-8-26-24(20-35-15-11-31(12-16-35)9-2-3-10-31)18-28(33-29(26)34)22-6-7-27-23(17-22)21-36(30(27)37)25-5-4-13-32-19-25/h6-8,14,17-18,25,32H,2-5,9-13,15-16,19-21H2,1H3. The van der Waals surface area contributed by atoms with Crippen molar-refractivity contribution >= 4 is 16.9 Å². The van der Waals surface area contributed by atoms with Crippen LogP contribution in [0, 0.1) is 5.41 Å². The first kappa shape index (κ1) is 23.4. The van der Waals surface area contributed by atoms with Gasteiger partial charge in [-0.2, -0.15) is 0 Å². The molecule has 4 aliphatic rings. The maximum atomic E-state index is 13.2. The van der Waals surface area contributed by atoms with Crippen LogP contribution < -0.4 is 5.32 Å². The summed E-state index contributed by atoms with van der Waals surface area (Å²) in [6.45, 7) is 6.07. The third-order valence-corrected chi connectivity index (χ3v) is 9.84. The molecule has 0 bridgehead atoms. The van der Waals surface area contributed by atoms with E-state index in [0.29, 0.717) is 18.0 Å². The van der Waals surface area contributed by atoms with E-state index in [4.69, 9.17) is 4.98 Å². The van der Waals surface area contributed by atoms with Gasteiger partial charge in [0.15, 0.2) is 0 Å². The fourth-order valence-electron chi connectivity index (χ4n) is 7.53. The zero-order valence-corrected chi connectivity index (χ0v) is 22.1. The van der Waals surface area contributed by atoms with Crippen molar-refractivity contribution in [3.63, 3.8) is 0 Å². The van der Waals surface area contributed by atoms with E-state index in [1.165, 1.54) is 62.6 Å². The Balaban J connectivity index is 1.16. The molecule has 1 spiro atoms. The predicted octanol–water partition coefficient (Wildman–Crippen LogP) is 5.10. The number of hydrogen-bond donors (Lipinski definition) is 1. The van der Waals surface area contributed by atoms with Gasteiger partial charge in [0, 0.05) is 55.4 Å². The summed E-state index contributed by atoms with van der Waals surface area (Å²) in [7, 11) is 2.09. The van der Waals surface area contributed by atoms with Crippen LogP contribution in [0.3, 0.4) is 0 Å². The number of likely N-dealkylation sites (tertiary alicyclic amines) is 1. The summed E-state index contributed by atoms with van der Waals surface area (Å²) in [5.41, 5.74) is 7.19. The molecule has 37 heavy (non-hydrogen) atoms. The van der Waals surface area contributed by atoms with Crippen molar-refractivity contribution < 1.29 is 4.79 Å². The Kier molecular flexibility index (Phi) is 5.85. The molecule has 3 fully saturated rings. The molecular weight excluding hydrogens is 458 g/mol. The number of fused-ring (bicyclic) bond motifs is 2. The molecule has 0 radical (unpaired) electrons. The Bertz CT molecular complexity index is 1320. The molecule has 1 atom stereocenters. The van der Waals surface area contributed by atoms with Crippen LogP contribution in [0.25, 0.3) is 22.3 Å². The maximum Gasteiger partial charge on any atom is 0.254 e. The first-order valence-electron chi connectivity index (χ1n) is 14.4. The third-order valence-electron chi connectivity index (χ3n) is 9.84. The van der Waals surface area contributed by atoms with Crippen LogP contribution in [0.2, 0.25) is 0 Å². The van der Waals surface area contributed by atoms with Gasteiger partial charge in [-0.1, -0.05) is 18.9 Å². The van der Waals surface area contributed by atoms with Gasteiger partial charge >= 0.3 is 0 Å². The lowest BCUT2D eigenvalue weighted by molar-refractivity contribution is 0.0674. The van der Waals surface area contributed by atoms with Gasteiger partial charge in [0.1, 0.15) is 5.65 Å². The molecule has 7 rings (SSSR count). The molecule has 1 saturated carbocycles. The minimum absolute atomic E-state index is 0.187. The highest BCUT2D eigenvalue weighted by molar-refractivity contribution is 5.99. The van der Waals surface area contributed by atoms with E-state index in [1.807, 2.05) is 6.07 Å². The van der Waals surface area contributed by atoms with Gasteiger partial charge in [-0.25, -0.2) is 4.98 Å². The van der Waals surface area contributed by atoms with Crippen LogP contribution in [0.5, 0.6) is 0 Å². The fourth-order valence-corrected chi connectivity index (χ4v) is 7.53. The molecule has 1 N–H and O–H groups in total. The Morgan fingerprint density at radius 2 is 1.89 bits per heavy atom. The summed E-state index contributed by atoms with van der Waals surface area (Å²) < 4.78 is 2.14. The number of piperidine rings is 2.